The van der Waals surface area contributed by atoms with Gasteiger partial charge in [0.1, 0.15) is 12.4 Å². The Hall–Kier alpha value is -3.46. The highest BCUT2D eigenvalue weighted by molar-refractivity contribution is 6.41. The number of carbonyl (C=O) groups excluding carboxylic acids is 2. The predicted molar refractivity (Wildman–Crippen MR) is 100 cm³/mol. The fourth-order valence-corrected chi connectivity index (χ4v) is 2.97. The number of fused-ring (bicyclic) bond motifs is 1. The Morgan fingerprint density at radius 2 is 1.27 bits per heavy atom. The van der Waals surface area contributed by atoms with Crippen molar-refractivity contribution in [3.8, 4) is 5.75 Å². The number of benzene rings is 3. The van der Waals surface area contributed by atoms with Crippen LogP contribution < -0.4 is 4.74 Å². The molecule has 3 aromatic carbocycles. The van der Waals surface area contributed by atoms with E-state index < -0.39 is 0 Å². The van der Waals surface area contributed by atoms with Crippen molar-refractivity contribution >= 4 is 17.6 Å². The average molecular weight is 340 g/mol. The van der Waals surface area contributed by atoms with E-state index in [2.05, 4.69) is 0 Å². The molecule has 0 unspecified atom stereocenters. The second-order valence-corrected chi connectivity index (χ2v) is 6.11. The molecular weight excluding hydrogens is 324 g/mol. The number of allylic oxidation sites excluding steroid dienone is 1. The first kappa shape index (κ1) is 16.0. The van der Waals surface area contributed by atoms with Gasteiger partial charge in [0, 0.05) is 11.1 Å². The van der Waals surface area contributed by atoms with Crippen molar-refractivity contribution in [3.05, 3.63) is 107 Å². The average Bonchev–Trinajstić information content (AvgIpc) is 2.93. The molecule has 1 aliphatic rings. The van der Waals surface area contributed by atoms with E-state index in [1.54, 1.807) is 30.3 Å². The van der Waals surface area contributed by atoms with E-state index in [9.17, 15) is 9.59 Å². The number of ketones is 2. The van der Waals surface area contributed by atoms with Crippen LogP contribution in [0.4, 0.5) is 0 Å². The van der Waals surface area contributed by atoms with Gasteiger partial charge in [0.15, 0.2) is 11.6 Å². The summed E-state index contributed by atoms with van der Waals surface area (Å²) in [6.07, 6.45) is 1.64. The Labute approximate surface area is 151 Å². The lowest BCUT2D eigenvalue weighted by atomic mass is 10.1. The maximum atomic E-state index is 12.4. The lowest BCUT2D eigenvalue weighted by Gasteiger charge is -2.06. The molecule has 0 amide bonds. The van der Waals surface area contributed by atoms with Crippen LogP contribution in [0.25, 0.3) is 6.08 Å². The minimum Gasteiger partial charge on any atom is -0.489 e. The third kappa shape index (κ3) is 3.07. The summed E-state index contributed by atoms with van der Waals surface area (Å²) in [4.78, 5) is 24.8. The molecule has 3 heteroatoms. The van der Waals surface area contributed by atoms with Crippen molar-refractivity contribution < 1.29 is 14.3 Å². The molecule has 0 aromatic heterocycles. The van der Waals surface area contributed by atoms with Gasteiger partial charge in [-0.25, -0.2) is 0 Å². The van der Waals surface area contributed by atoms with Gasteiger partial charge in [-0.2, -0.15) is 0 Å². The van der Waals surface area contributed by atoms with Gasteiger partial charge in [0.2, 0.25) is 0 Å². The Balaban J connectivity index is 1.50. The minimum absolute atomic E-state index is 0.212. The second-order valence-electron chi connectivity index (χ2n) is 6.11. The van der Waals surface area contributed by atoms with Crippen molar-refractivity contribution in [2.75, 3.05) is 0 Å². The third-order valence-electron chi connectivity index (χ3n) is 4.34. The predicted octanol–water partition coefficient (Wildman–Crippen LogP) is 4.73. The summed E-state index contributed by atoms with van der Waals surface area (Å²) in [7, 11) is 0. The summed E-state index contributed by atoms with van der Waals surface area (Å²) >= 11 is 0. The SMILES string of the molecule is O=C1C(=Cc2ccc(OCc3ccccc3)cc2)C(=O)c2ccccc21. The second kappa shape index (κ2) is 6.81. The maximum absolute atomic E-state index is 12.4. The quantitative estimate of drug-likeness (QED) is 0.509. The van der Waals surface area contributed by atoms with Gasteiger partial charge in [-0.3, -0.25) is 9.59 Å². The van der Waals surface area contributed by atoms with E-state index in [4.69, 9.17) is 4.74 Å². The summed E-state index contributed by atoms with van der Waals surface area (Å²) in [5, 5.41) is 0. The highest BCUT2D eigenvalue weighted by Crippen LogP contribution is 2.28. The monoisotopic (exact) mass is 340 g/mol. The lowest BCUT2D eigenvalue weighted by molar-refractivity contribution is 0.0990. The van der Waals surface area contributed by atoms with Crippen LogP contribution in [0.2, 0.25) is 0 Å². The van der Waals surface area contributed by atoms with Gasteiger partial charge in [-0.15, -0.1) is 0 Å². The normalized spacial score (nSPS) is 12.8. The first-order valence-corrected chi connectivity index (χ1v) is 8.39. The molecule has 0 atom stereocenters. The summed E-state index contributed by atoms with van der Waals surface area (Å²) in [6, 6.07) is 24.2. The van der Waals surface area contributed by atoms with Crippen LogP contribution in [0.1, 0.15) is 31.8 Å². The van der Waals surface area contributed by atoms with Crippen LogP contribution in [-0.2, 0) is 6.61 Å². The molecule has 0 bridgehead atoms. The summed E-state index contributed by atoms with van der Waals surface area (Å²) in [6.45, 7) is 0.494. The Bertz CT molecular complexity index is 962. The molecule has 1 aliphatic carbocycles. The van der Waals surface area contributed by atoms with Crippen LogP contribution in [0.5, 0.6) is 5.75 Å². The van der Waals surface area contributed by atoms with Gasteiger partial charge < -0.3 is 4.74 Å². The molecule has 0 aliphatic heterocycles. The van der Waals surface area contributed by atoms with E-state index in [0.717, 1.165) is 16.9 Å². The molecule has 0 saturated heterocycles. The van der Waals surface area contributed by atoms with Gasteiger partial charge in [0.05, 0.1) is 5.57 Å². The van der Waals surface area contributed by atoms with Gasteiger partial charge in [0.25, 0.3) is 0 Å². The molecule has 0 N–H and O–H groups in total. The minimum atomic E-state index is -0.213. The number of ether oxygens (including phenoxy) is 1. The molecule has 0 spiro atoms. The van der Waals surface area contributed by atoms with Crippen LogP contribution in [0.15, 0.2) is 84.4 Å². The summed E-state index contributed by atoms with van der Waals surface area (Å²) in [5.74, 6) is 0.313. The van der Waals surface area contributed by atoms with Gasteiger partial charge in [-0.05, 0) is 29.3 Å². The molecule has 3 aromatic rings. The van der Waals surface area contributed by atoms with E-state index in [0.29, 0.717) is 17.7 Å². The summed E-state index contributed by atoms with van der Waals surface area (Å²) in [5.41, 5.74) is 3.06. The van der Waals surface area contributed by atoms with E-state index >= 15 is 0 Å². The highest BCUT2D eigenvalue weighted by atomic mass is 16.5. The first-order valence-electron chi connectivity index (χ1n) is 8.39. The molecule has 26 heavy (non-hydrogen) atoms. The molecule has 3 nitrogen and oxygen atoms in total. The fraction of sp³-hybridized carbons (Fsp3) is 0.0435. The standard InChI is InChI=1S/C23H16O3/c24-22-19-8-4-5-9-20(19)23(25)21(22)14-16-10-12-18(13-11-16)26-15-17-6-2-1-3-7-17/h1-14H,15H2. The molecule has 0 heterocycles. The largest absolute Gasteiger partial charge is 0.489 e. The van der Waals surface area contributed by atoms with Crippen molar-refractivity contribution in [2.45, 2.75) is 6.61 Å². The molecule has 0 fully saturated rings. The highest BCUT2D eigenvalue weighted by Gasteiger charge is 2.32. The van der Waals surface area contributed by atoms with Crippen LogP contribution in [-0.4, -0.2) is 11.6 Å². The van der Waals surface area contributed by atoms with Crippen LogP contribution >= 0.6 is 0 Å². The smallest absolute Gasteiger partial charge is 0.197 e. The van der Waals surface area contributed by atoms with Gasteiger partial charge >= 0.3 is 0 Å². The summed E-state index contributed by atoms with van der Waals surface area (Å²) < 4.78 is 5.76. The Morgan fingerprint density at radius 3 is 1.88 bits per heavy atom. The fourth-order valence-electron chi connectivity index (χ4n) is 2.97. The Kier molecular flexibility index (Phi) is 4.20. The Morgan fingerprint density at radius 1 is 0.692 bits per heavy atom. The number of carbonyl (C=O) groups is 2. The molecule has 4 rings (SSSR count). The molecule has 0 saturated carbocycles. The maximum Gasteiger partial charge on any atom is 0.197 e. The van der Waals surface area contributed by atoms with Crippen molar-refractivity contribution in [3.63, 3.8) is 0 Å². The van der Waals surface area contributed by atoms with E-state index in [-0.39, 0.29) is 17.1 Å². The first-order chi connectivity index (χ1) is 12.7. The lowest BCUT2D eigenvalue weighted by Crippen LogP contribution is -2.00. The van der Waals surface area contributed by atoms with Crippen molar-refractivity contribution in [1.29, 1.82) is 0 Å². The van der Waals surface area contributed by atoms with Crippen molar-refractivity contribution in [2.24, 2.45) is 0 Å². The number of hydrogen-bond acceptors (Lipinski definition) is 3. The molecular formula is C23H16O3. The van der Waals surface area contributed by atoms with Crippen LogP contribution in [0, 0.1) is 0 Å². The molecule has 0 radical (unpaired) electrons. The van der Waals surface area contributed by atoms with Crippen LogP contribution in [0.3, 0.4) is 0 Å². The molecule has 126 valence electrons. The zero-order valence-corrected chi connectivity index (χ0v) is 14.0. The van der Waals surface area contributed by atoms with E-state index in [1.807, 2.05) is 54.6 Å². The van der Waals surface area contributed by atoms with Gasteiger partial charge in [-0.1, -0.05) is 66.7 Å². The third-order valence-corrected chi connectivity index (χ3v) is 4.34. The van der Waals surface area contributed by atoms with E-state index in [1.165, 1.54) is 0 Å². The number of rotatable bonds is 4. The topological polar surface area (TPSA) is 43.4 Å². The van der Waals surface area contributed by atoms with Crippen molar-refractivity contribution in [1.82, 2.24) is 0 Å². The number of Topliss-reactive ketones (excluding diaryl/α,β-unsaturated/α-hetero) is 2. The zero-order valence-electron chi connectivity index (χ0n) is 14.0. The number of hydrogen-bond donors (Lipinski definition) is 0. The zero-order chi connectivity index (χ0) is 17.9.